The SMILES string of the molecule is C/C=N\C(=C/C(C)N1CCN(C)CC1)OCCC(CCC(C)(C)C)Cc1nc(C#N)ncc1CCC. The van der Waals surface area contributed by atoms with Crippen LogP contribution in [0.2, 0.25) is 0 Å². The zero-order valence-electron chi connectivity index (χ0n) is 23.8. The van der Waals surface area contributed by atoms with E-state index >= 15 is 0 Å². The van der Waals surface area contributed by atoms with Crippen molar-refractivity contribution in [2.24, 2.45) is 16.3 Å². The molecule has 200 valence electrons. The summed E-state index contributed by atoms with van der Waals surface area (Å²) in [6.45, 7) is 18.1. The van der Waals surface area contributed by atoms with Crippen LogP contribution in [0.5, 0.6) is 0 Å². The number of piperazine rings is 1. The summed E-state index contributed by atoms with van der Waals surface area (Å²) in [6.07, 6.45) is 11.8. The first-order valence-corrected chi connectivity index (χ1v) is 13.7. The van der Waals surface area contributed by atoms with Gasteiger partial charge in [0, 0.05) is 50.3 Å². The lowest BCUT2D eigenvalue weighted by atomic mass is 9.83. The molecular formula is C29H48N6O. The topological polar surface area (TPSA) is 77.6 Å². The highest BCUT2D eigenvalue weighted by atomic mass is 16.5. The predicted octanol–water partition coefficient (Wildman–Crippen LogP) is 5.26. The molecule has 1 aromatic heterocycles. The molecule has 0 aromatic carbocycles. The number of ether oxygens (including phenoxy) is 1. The molecule has 36 heavy (non-hydrogen) atoms. The van der Waals surface area contributed by atoms with Crippen molar-refractivity contribution in [2.45, 2.75) is 86.1 Å². The summed E-state index contributed by atoms with van der Waals surface area (Å²) in [4.78, 5) is 18.2. The molecule has 2 heterocycles. The molecule has 0 spiro atoms. The minimum atomic E-state index is 0.260. The van der Waals surface area contributed by atoms with Crippen molar-refractivity contribution >= 4 is 6.21 Å². The van der Waals surface area contributed by atoms with E-state index in [1.54, 1.807) is 6.21 Å². The Morgan fingerprint density at radius 2 is 1.97 bits per heavy atom. The van der Waals surface area contributed by atoms with Gasteiger partial charge in [-0.05, 0) is 76.0 Å². The molecule has 7 heteroatoms. The van der Waals surface area contributed by atoms with Gasteiger partial charge >= 0.3 is 0 Å². The molecule has 0 saturated carbocycles. The van der Waals surface area contributed by atoms with E-state index in [0.717, 1.165) is 76.0 Å². The molecule has 0 radical (unpaired) electrons. The second-order valence-corrected chi connectivity index (χ2v) is 11.3. The molecular weight excluding hydrogens is 448 g/mol. The summed E-state index contributed by atoms with van der Waals surface area (Å²) in [7, 11) is 2.18. The van der Waals surface area contributed by atoms with Gasteiger partial charge in [0.1, 0.15) is 6.07 Å². The minimum absolute atomic E-state index is 0.260. The lowest BCUT2D eigenvalue weighted by Gasteiger charge is -2.35. The maximum atomic E-state index is 9.34. The van der Waals surface area contributed by atoms with Crippen molar-refractivity contribution in [1.29, 1.82) is 5.26 Å². The van der Waals surface area contributed by atoms with Gasteiger partial charge in [-0.15, -0.1) is 0 Å². The van der Waals surface area contributed by atoms with Gasteiger partial charge in [-0.1, -0.05) is 34.1 Å². The Morgan fingerprint density at radius 1 is 1.25 bits per heavy atom. The first kappa shape index (κ1) is 29.9. The second-order valence-electron chi connectivity index (χ2n) is 11.3. The summed E-state index contributed by atoms with van der Waals surface area (Å²) >= 11 is 0. The fourth-order valence-electron chi connectivity index (χ4n) is 4.54. The van der Waals surface area contributed by atoms with E-state index in [1.807, 2.05) is 13.1 Å². The second kappa shape index (κ2) is 15.1. The highest BCUT2D eigenvalue weighted by Crippen LogP contribution is 2.28. The Kier molecular flexibility index (Phi) is 12.5. The maximum absolute atomic E-state index is 9.34. The zero-order valence-corrected chi connectivity index (χ0v) is 23.8. The molecule has 2 unspecified atom stereocenters. The highest BCUT2D eigenvalue weighted by molar-refractivity contribution is 5.54. The van der Waals surface area contributed by atoms with E-state index in [1.165, 1.54) is 0 Å². The Balaban J connectivity index is 2.08. The van der Waals surface area contributed by atoms with Crippen molar-refractivity contribution in [1.82, 2.24) is 19.8 Å². The zero-order chi connectivity index (χ0) is 26.6. The smallest absolute Gasteiger partial charge is 0.232 e. The van der Waals surface area contributed by atoms with E-state index in [0.29, 0.717) is 18.4 Å². The number of nitrogens with zero attached hydrogens (tertiary/aromatic N) is 6. The van der Waals surface area contributed by atoms with Crippen LogP contribution in [0.1, 0.15) is 84.3 Å². The van der Waals surface area contributed by atoms with E-state index in [4.69, 9.17) is 4.74 Å². The molecule has 0 aliphatic carbocycles. The van der Waals surface area contributed by atoms with Gasteiger partial charge in [0.2, 0.25) is 11.7 Å². The van der Waals surface area contributed by atoms with Crippen LogP contribution in [0.25, 0.3) is 0 Å². The molecule has 1 aliphatic heterocycles. The van der Waals surface area contributed by atoms with Crippen LogP contribution in [0, 0.1) is 22.7 Å². The number of aliphatic imine (C=N–C) groups is 1. The van der Waals surface area contributed by atoms with Crippen molar-refractivity contribution in [2.75, 3.05) is 39.8 Å². The van der Waals surface area contributed by atoms with Crippen LogP contribution in [0.15, 0.2) is 23.1 Å². The summed E-state index contributed by atoms with van der Waals surface area (Å²) in [6, 6.07) is 2.40. The van der Waals surface area contributed by atoms with Gasteiger partial charge in [-0.3, -0.25) is 4.90 Å². The van der Waals surface area contributed by atoms with Crippen molar-refractivity contribution < 1.29 is 4.74 Å². The van der Waals surface area contributed by atoms with Crippen LogP contribution < -0.4 is 0 Å². The third-order valence-corrected chi connectivity index (χ3v) is 6.89. The highest BCUT2D eigenvalue weighted by Gasteiger charge is 2.20. The number of hydrogen-bond donors (Lipinski definition) is 0. The fourth-order valence-corrected chi connectivity index (χ4v) is 4.54. The van der Waals surface area contributed by atoms with Crippen LogP contribution >= 0.6 is 0 Å². The molecule has 1 fully saturated rings. The van der Waals surface area contributed by atoms with Crippen molar-refractivity contribution in [3.8, 4) is 6.07 Å². The number of hydrogen-bond acceptors (Lipinski definition) is 7. The quantitative estimate of drug-likeness (QED) is 0.274. The van der Waals surface area contributed by atoms with E-state index in [9.17, 15) is 5.26 Å². The molecule has 2 rings (SSSR count). The molecule has 0 amide bonds. The fraction of sp³-hybridized carbons (Fsp3) is 0.724. The lowest BCUT2D eigenvalue weighted by molar-refractivity contribution is 0.130. The van der Waals surface area contributed by atoms with Gasteiger partial charge in [-0.2, -0.15) is 5.26 Å². The van der Waals surface area contributed by atoms with Crippen molar-refractivity contribution in [3.05, 3.63) is 35.2 Å². The maximum Gasteiger partial charge on any atom is 0.232 e. The van der Waals surface area contributed by atoms with Crippen LogP contribution in [0.3, 0.4) is 0 Å². The summed E-state index contributed by atoms with van der Waals surface area (Å²) in [5.41, 5.74) is 2.45. The lowest BCUT2D eigenvalue weighted by Crippen LogP contribution is -2.47. The molecule has 0 N–H and O–H groups in total. The number of likely N-dealkylation sites (N-methyl/N-ethyl adjacent to an activating group) is 1. The van der Waals surface area contributed by atoms with E-state index in [-0.39, 0.29) is 17.3 Å². The van der Waals surface area contributed by atoms with E-state index in [2.05, 4.69) is 78.6 Å². The Bertz CT molecular complexity index is 890. The third-order valence-electron chi connectivity index (χ3n) is 6.89. The first-order chi connectivity index (χ1) is 17.1. The average Bonchev–Trinajstić information content (AvgIpc) is 2.83. The predicted molar refractivity (Wildman–Crippen MR) is 148 cm³/mol. The Labute approximate surface area is 219 Å². The largest absolute Gasteiger partial charge is 0.478 e. The third kappa shape index (κ3) is 10.8. The summed E-state index contributed by atoms with van der Waals surface area (Å²) in [5, 5.41) is 9.34. The van der Waals surface area contributed by atoms with Gasteiger partial charge in [0.15, 0.2) is 0 Å². The standard InChI is InChI=1S/C29H48N6O/c1-8-10-25-22-32-27(21-30)33-26(25)20-24(11-13-29(4,5)6)12-18-36-28(31-9-2)19-23(3)35-16-14-34(7)15-17-35/h9,19,22-24H,8,10-18,20H2,1-7H3/b28-19+,31-9-. The van der Waals surface area contributed by atoms with E-state index < -0.39 is 0 Å². The number of aromatic nitrogens is 2. The molecule has 7 nitrogen and oxygen atoms in total. The van der Waals surface area contributed by atoms with Gasteiger partial charge in [0.05, 0.1) is 6.61 Å². The van der Waals surface area contributed by atoms with Crippen molar-refractivity contribution in [3.63, 3.8) is 0 Å². The molecule has 1 aromatic rings. The van der Waals surface area contributed by atoms with Crippen LogP contribution in [0.4, 0.5) is 0 Å². The van der Waals surface area contributed by atoms with Gasteiger partial charge < -0.3 is 9.64 Å². The molecule has 1 aliphatic rings. The molecule has 1 saturated heterocycles. The Morgan fingerprint density at radius 3 is 2.58 bits per heavy atom. The monoisotopic (exact) mass is 496 g/mol. The first-order valence-electron chi connectivity index (χ1n) is 13.7. The van der Waals surface area contributed by atoms with Gasteiger partial charge in [-0.25, -0.2) is 15.0 Å². The minimum Gasteiger partial charge on any atom is -0.478 e. The molecule has 2 atom stereocenters. The van der Waals surface area contributed by atoms with Crippen LogP contribution in [-0.4, -0.2) is 71.9 Å². The van der Waals surface area contributed by atoms with Crippen LogP contribution in [-0.2, 0) is 17.6 Å². The summed E-state index contributed by atoms with van der Waals surface area (Å²) in [5.74, 6) is 1.39. The molecule has 0 bridgehead atoms. The average molecular weight is 497 g/mol. The Hall–Kier alpha value is -2.30. The summed E-state index contributed by atoms with van der Waals surface area (Å²) < 4.78 is 6.23. The normalized spacial score (nSPS) is 17.8. The number of aryl methyl sites for hydroxylation is 1. The number of rotatable bonds is 13. The number of nitriles is 1. The van der Waals surface area contributed by atoms with Gasteiger partial charge in [0.25, 0.3) is 0 Å².